The quantitative estimate of drug-likeness (QED) is 0.659. The Morgan fingerprint density at radius 3 is 2.61 bits per heavy atom. The normalized spacial score (nSPS) is 10.3. The van der Waals surface area contributed by atoms with Crippen molar-refractivity contribution in [3.8, 4) is 5.75 Å². The molecule has 0 fully saturated rings. The van der Waals surface area contributed by atoms with Crippen molar-refractivity contribution in [2.24, 2.45) is 5.92 Å². The third-order valence-electron chi connectivity index (χ3n) is 2.28. The Kier molecular flexibility index (Phi) is 5.16. The van der Waals surface area contributed by atoms with Crippen molar-refractivity contribution >= 4 is 23.3 Å². The van der Waals surface area contributed by atoms with E-state index in [-0.39, 0.29) is 11.5 Å². The number of ketones is 1. The number of amides is 1. The second kappa shape index (κ2) is 6.40. The van der Waals surface area contributed by atoms with E-state index in [1.165, 1.54) is 13.2 Å². The number of halogens is 1. The number of ether oxygens (including phenoxy) is 1. The van der Waals surface area contributed by atoms with Gasteiger partial charge >= 0.3 is 0 Å². The molecule has 98 valence electrons. The molecule has 0 heterocycles. The molecule has 0 bridgehead atoms. The van der Waals surface area contributed by atoms with Crippen molar-refractivity contribution in [1.82, 2.24) is 5.32 Å². The summed E-state index contributed by atoms with van der Waals surface area (Å²) in [4.78, 5) is 23.6. The first-order valence-electron chi connectivity index (χ1n) is 5.61. The fourth-order valence-electron chi connectivity index (χ4n) is 1.36. The van der Waals surface area contributed by atoms with Crippen LogP contribution in [0.1, 0.15) is 24.2 Å². The monoisotopic (exact) mass is 269 g/mol. The fraction of sp³-hybridized carbons (Fsp3) is 0.385. The average Bonchev–Trinajstić information content (AvgIpc) is 2.34. The second-order valence-electron chi connectivity index (χ2n) is 4.28. The number of benzene rings is 1. The molecule has 0 aliphatic rings. The number of hydrogen-bond acceptors (Lipinski definition) is 3. The molecule has 0 saturated heterocycles. The lowest BCUT2D eigenvalue weighted by Gasteiger charge is -2.09. The number of methoxy groups -OCH3 is 1. The zero-order valence-electron chi connectivity index (χ0n) is 10.6. The smallest absolute Gasteiger partial charge is 0.292 e. The predicted octanol–water partition coefficient (Wildman–Crippen LogP) is 2.30. The average molecular weight is 270 g/mol. The molecule has 0 aliphatic heterocycles. The topological polar surface area (TPSA) is 55.4 Å². The van der Waals surface area contributed by atoms with Crippen LogP contribution in [0, 0.1) is 5.92 Å². The lowest BCUT2D eigenvalue weighted by molar-refractivity contribution is -0.117. The molecule has 0 saturated carbocycles. The summed E-state index contributed by atoms with van der Waals surface area (Å²) in [5.74, 6) is -0.675. The van der Waals surface area contributed by atoms with Gasteiger partial charge in [-0.1, -0.05) is 25.4 Å². The van der Waals surface area contributed by atoms with Gasteiger partial charge in [-0.2, -0.15) is 0 Å². The Hall–Kier alpha value is -1.55. The first-order chi connectivity index (χ1) is 8.45. The van der Waals surface area contributed by atoms with Crippen LogP contribution in [0.15, 0.2) is 18.2 Å². The summed E-state index contributed by atoms with van der Waals surface area (Å²) in [6.45, 7) is 4.35. The van der Waals surface area contributed by atoms with Crippen molar-refractivity contribution in [3.63, 3.8) is 0 Å². The van der Waals surface area contributed by atoms with Crippen LogP contribution in [0.25, 0.3) is 0 Å². The zero-order valence-corrected chi connectivity index (χ0v) is 11.4. The Bertz CT molecular complexity index is 458. The van der Waals surface area contributed by atoms with E-state index in [1.54, 1.807) is 12.1 Å². The fourth-order valence-corrected chi connectivity index (χ4v) is 1.53. The Morgan fingerprint density at radius 1 is 1.39 bits per heavy atom. The number of carbonyl (C=O) groups is 2. The van der Waals surface area contributed by atoms with E-state index in [0.717, 1.165) is 0 Å². The van der Waals surface area contributed by atoms with Gasteiger partial charge in [-0.25, -0.2) is 0 Å². The van der Waals surface area contributed by atoms with Gasteiger partial charge in [0.1, 0.15) is 5.75 Å². The molecule has 0 radical (unpaired) electrons. The van der Waals surface area contributed by atoms with Gasteiger partial charge in [0.25, 0.3) is 11.7 Å². The minimum absolute atomic E-state index is 0.172. The first kappa shape index (κ1) is 14.5. The molecule has 18 heavy (non-hydrogen) atoms. The summed E-state index contributed by atoms with van der Waals surface area (Å²) in [5, 5.41) is 2.95. The van der Waals surface area contributed by atoms with Gasteiger partial charge in [0.2, 0.25) is 0 Å². The van der Waals surface area contributed by atoms with Crippen LogP contribution in [0.3, 0.4) is 0 Å². The molecule has 4 nitrogen and oxygen atoms in total. The lowest BCUT2D eigenvalue weighted by Crippen LogP contribution is -2.33. The molecule has 0 unspecified atom stereocenters. The Balaban J connectivity index is 2.89. The maximum Gasteiger partial charge on any atom is 0.292 e. The van der Waals surface area contributed by atoms with Crippen LogP contribution in [0.2, 0.25) is 5.02 Å². The van der Waals surface area contributed by atoms with E-state index in [9.17, 15) is 9.59 Å². The number of Topliss-reactive ketones (excluding diaryl/α,β-unsaturated/α-hetero) is 1. The number of carbonyl (C=O) groups excluding carboxylic acids is 2. The molecule has 0 aliphatic carbocycles. The Morgan fingerprint density at radius 2 is 2.06 bits per heavy atom. The first-order valence-corrected chi connectivity index (χ1v) is 5.99. The van der Waals surface area contributed by atoms with Crippen molar-refractivity contribution in [3.05, 3.63) is 28.8 Å². The van der Waals surface area contributed by atoms with Crippen LogP contribution in [0.5, 0.6) is 5.75 Å². The molecular formula is C13H16ClNO3. The molecule has 1 amide bonds. The van der Waals surface area contributed by atoms with E-state index < -0.39 is 11.7 Å². The molecule has 0 spiro atoms. The van der Waals surface area contributed by atoms with Crippen LogP contribution in [-0.4, -0.2) is 25.3 Å². The van der Waals surface area contributed by atoms with E-state index >= 15 is 0 Å². The van der Waals surface area contributed by atoms with Crippen molar-refractivity contribution in [2.75, 3.05) is 13.7 Å². The molecular weight excluding hydrogens is 254 g/mol. The maximum absolute atomic E-state index is 11.9. The largest absolute Gasteiger partial charge is 0.496 e. The van der Waals surface area contributed by atoms with Gasteiger partial charge in [-0.15, -0.1) is 0 Å². The van der Waals surface area contributed by atoms with Crippen LogP contribution in [0.4, 0.5) is 0 Å². The number of nitrogens with one attached hydrogen (secondary N) is 1. The van der Waals surface area contributed by atoms with Gasteiger partial charge in [-0.3, -0.25) is 9.59 Å². The van der Waals surface area contributed by atoms with Crippen molar-refractivity contribution < 1.29 is 14.3 Å². The highest BCUT2D eigenvalue weighted by Crippen LogP contribution is 2.23. The summed E-state index contributed by atoms with van der Waals surface area (Å²) in [7, 11) is 1.44. The summed E-state index contributed by atoms with van der Waals surface area (Å²) < 4.78 is 5.04. The zero-order chi connectivity index (χ0) is 13.7. The summed E-state index contributed by atoms with van der Waals surface area (Å²) in [6.07, 6.45) is 0. The molecule has 1 aromatic rings. The summed E-state index contributed by atoms with van der Waals surface area (Å²) in [6, 6.07) is 4.59. The Labute approximate surface area is 111 Å². The van der Waals surface area contributed by atoms with Crippen LogP contribution < -0.4 is 10.1 Å². The SMILES string of the molecule is COc1ccc(Cl)cc1C(=O)C(=O)NCC(C)C. The van der Waals surface area contributed by atoms with Gasteiger partial charge in [0.15, 0.2) is 0 Å². The highest BCUT2D eigenvalue weighted by Gasteiger charge is 2.20. The minimum atomic E-state index is -0.649. The molecule has 1 aromatic carbocycles. The third kappa shape index (κ3) is 3.74. The highest BCUT2D eigenvalue weighted by molar-refractivity contribution is 6.44. The van der Waals surface area contributed by atoms with E-state index in [2.05, 4.69) is 5.32 Å². The molecule has 1 N–H and O–H groups in total. The van der Waals surface area contributed by atoms with E-state index in [1.807, 2.05) is 13.8 Å². The summed E-state index contributed by atoms with van der Waals surface area (Å²) >= 11 is 5.81. The van der Waals surface area contributed by atoms with Gasteiger partial charge in [0.05, 0.1) is 12.7 Å². The molecule has 5 heteroatoms. The predicted molar refractivity (Wildman–Crippen MR) is 70.2 cm³/mol. The van der Waals surface area contributed by atoms with Crippen molar-refractivity contribution in [2.45, 2.75) is 13.8 Å². The van der Waals surface area contributed by atoms with Gasteiger partial charge < -0.3 is 10.1 Å². The minimum Gasteiger partial charge on any atom is -0.496 e. The van der Waals surface area contributed by atoms with Gasteiger partial charge in [-0.05, 0) is 24.1 Å². The van der Waals surface area contributed by atoms with Crippen LogP contribution in [-0.2, 0) is 4.79 Å². The molecule has 1 rings (SSSR count). The highest BCUT2D eigenvalue weighted by atomic mass is 35.5. The third-order valence-corrected chi connectivity index (χ3v) is 2.52. The number of hydrogen-bond donors (Lipinski definition) is 1. The summed E-state index contributed by atoms with van der Waals surface area (Å²) in [5.41, 5.74) is 0.172. The lowest BCUT2D eigenvalue weighted by atomic mass is 10.1. The molecule has 0 aromatic heterocycles. The van der Waals surface area contributed by atoms with E-state index in [4.69, 9.17) is 16.3 Å². The van der Waals surface area contributed by atoms with Gasteiger partial charge in [0, 0.05) is 11.6 Å². The molecule has 0 atom stereocenters. The second-order valence-corrected chi connectivity index (χ2v) is 4.71. The van der Waals surface area contributed by atoms with Crippen molar-refractivity contribution in [1.29, 1.82) is 0 Å². The van der Waals surface area contributed by atoms with Crippen LogP contribution >= 0.6 is 11.6 Å². The standard InChI is InChI=1S/C13H16ClNO3/c1-8(2)7-15-13(17)12(16)10-6-9(14)4-5-11(10)18-3/h4-6,8H,7H2,1-3H3,(H,15,17). The maximum atomic E-state index is 11.9. The number of rotatable bonds is 5. The van der Waals surface area contributed by atoms with E-state index in [0.29, 0.717) is 17.3 Å².